The molecule has 1 aliphatic heterocycles. The third kappa shape index (κ3) is 4.01. The number of hydrogen-bond acceptors (Lipinski definition) is 5. The van der Waals surface area contributed by atoms with Crippen LogP contribution >= 0.6 is 11.3 Å². The molecule has 0 bridgehead atoms. The van der Waals surface area contributed by atoms with E-state index in [1.165, 1.54) is 11.3 Å². The zero-order valence-corrected chi connectivity index (χ0v) is 12.7. The van der Waals surface area contributed by atoms with Crippen molar-refractivity contribution in [3.8, 4) is 0 Å². The van der Waals surface area contributed by atoms with Gasteiger partial charge in [0.2, 0.25) is 11.8 Å². The van der Waals surface area contributed by atoms with Crippen LogP contribution in [-0.4, -0.2) is 78.3 Å². The number of carbonyl (C=O) groups is 2. The van der Waals surface area contributed by atoms with Crippen molar-refractivity contribution in [1.29, 1.82) is 0 Å². The highest BCUT2D eigenvalue weighted by molar-refractivity contribution is 7.07. The number of likely N-dealkylation sites (N-methyl/N-ethyl adjacent to an activating group) is 1. The second kappa shape index (κ2) is 6.81. The molecule has 0 radical (unpaired) electrons. The summed E-state index contributed by atoms with van der Waals surface area (Å²) in [4.78, 5) is 33.4. The highest BCUT2D eigenvalue weighted by atomic mass is 32.1. The Bertz CT molecular complexity index is 453. The Kier molecular flexibility index (Phi) is 5.08. The van der Waals surface area contributed by atoms with Crippen molar-refractivity contribution in [3.05, 3.63) is 16.6 Å². The van der Waals surface area contributed by atoms with Crippen LogP contribution in [0.1, 0.15) is 5.69 Å². The average Bonchev–Trinajstić information content (AvgIpc) is 2.92. The molecule has 110 valence electrons. The molecule has 0 aromatic carbocycles. The molecule has 1 aromatic rings. The van der Waals surface area contributed by atoms with E-state index in [2.05, 4.69) is 9.88 Å². The molecular weight excluding hydrogens is 276 g/mol. The normalized spacial score (nSPS) is 16.2. The minimum absolute atomic E-state index is 0.104. The minimum atomic E-state index is 0.104. The maximum Gasteiger partial charge on any atom is 0.236 e. The van der Waals surface area contributed by atoms with Gasteiger partial charge in [-0.25, -0.2) is 4.98 Å². The molecule has 20 heavy (non-hydrogen) atoms. The van der Waals surface area contributed by atoms with Crippen LogP contribution in [0.4, 0.5) is 0 Å². The second-order valence-corrected chi connectivity index (χ2v) is 5.82. The van der Waals surface area contributed by atoms with Crippen LogP contribution in [0, 0.1) is 0 Å². The number of nitrogens with zero attached hydrogens (tertiary/aromatic N) is 4. The van der Waals surface area contributed by atoms with E-state index in [1.807, 2.05) is 10.3 Å². The summed E-state index contributed by atoms with van der Waals surface area (Å²) in [6.45, 7) is 3.30. The van der Waals surface area contributed by atoms with Gasteiger partial charge in [-0.1, -0.05) is 0 Å². The zero-order valence-electron chi connectivity index (χ0n) is 11.9. The number of hydrogen-bond donors (Lipinski definition) is 0. The van der Waals surface area contributed by atoms with Crippen LogP contribution in [0.5, 0.6) is 0 Å². The van der Waals surface area contributed by atoms with Gasteiger partial charge in [0, 0.05) is 45.7 Å². The highest BCUT2D eigenvalue weighted by Crippen LogP contribution is 2.07. The summed E-state index contributed by atoms with van der Waals surface area (Å²) >= 11 is 1.51. The molecule has 0 aliphatic carbocycles. The molecule has 0 N–H and O–H groups in total. The first-order valence-electron chi connectivity index (χ1n) is 6.63. The van der Waals surface area contributed by atoms with Crippen molar-refractivity contribution in [2.24, 2.45) is 0 Å². The maximum absolute atomic E-state index is 12.1. The topological polar surface area (TPSA) is 56.8 Å². The van der Waals surface area contributed by atoms with E-state index in [0.717, 1.165) is 18.8 Å². The first kappa shape index (κ1) is 14.9. The predicted molar refractivity (Wildman–Crippen MR) is 77.5 cm³/mol. The lowest BCUT2D eigenvalue weighted by Crippen LogP contribution is -2.51. The monoisotopic (exact) mass is 296 g/mol. The third-order valence-electron chi connectivity index (χ3n) is 3.40. The minimum Gasteiger partial charge on any atom is -0.348 e. The molecule has 2 rings (SSSR count). The first-order chi connectivity index (χ1) is 9.56. The SMILES string of the molecule is CN(C)C(=O)CN1CCN(C(=O)Cc2cscn2)CC1. The lowest BCUT2D eigenvalue weighted by molar-refractivity contribution is -0.133. The van der Waals surface area contributed by atoms with E-state index in [0.29, 0.717) is 26.1 Å². The Morgan fingerprint density at radius 1 is 1.30 bits per heavy atom. The summed E-state index contributed by atoms with van der Waals surface area (Å²) in [6, 6.07) is 0. The summed E-state index contributed by atoms with van der Waals surface area (Å²) in [7, 11) is 3.52. The van der Waals surface area contributed by atoms with Crippen molar-refractivity contribution in [3.63, 3.8) is 0 Å². The molecule has 0 unspecified atom stereocenters. The molecule has 1 aromatic heterocycles. The molecule has 2 heterocycles. The van der Waals surface area contributed by atoms with Gasteiger partial charge in [0.05, 0.1) is 24.2 Å². The summed E-state index contributed by atoms with van der Waals surface area (Å²) in [5, 5.41) is 1.91. The number of piperazine rings is 1. The largest absolute Gasteiger partial charge is 0.348 e. The number of thiazole rings is 1. The summed E-state index contributed by atoms with van der Waals surface area (Å²) in [6.07, 6.45) is 0.375. The fraction of sp³-hybridized carbons (Fsp3) is 0.615. The van der Waals surface area contributed by atoms with Crippen molar-refractivity contribution >= 4 is 23.2 Å². The number of aromatic nitrogens is 1. The second-order valence-electron chi connectivity index (χ2n) is 5.10. The van der Waals surface area contributed by atoms with Crippen LogP contribution < -0.4 is 0 Å². The van der Waals surface area contributed by atoms with Gasteiger partial charge in [-0.05, 0) is 0 Å². The summed E-state index contributed by atoms with van der Waals surface area (Å²) in [5.74, 6) is 0.224. The molecule has 1 saturated heterocycles. The van der Waals surface area contributed by atoms with E-state index in [4.69, 9.17) is 0 Å². The molecule has 1 aliphatic rings. The van der Waals surface area contributed by atoms with Crippen molar-refractivity contribution in [2.45, 2.75) is 6.42 Å². The lowest BCUT2D eigenvalue weighted by atomic mass is 10.2. The van der Waals surface area contributed by atoms with Gasteiger partial charge in [0.25, 0.3) is 0 Å². The van der Waals surface area contributed by atoms with Crippen LogP contribution in [0.2, 0.25) is 0 Å². The van der Waals surface area contributed by atoms with Crippen LogP contribution in [-0.2, 0) is 16.0 Å². The fourth-order valence-electron chi connectivity index (χ4n) is 2.08. The van der Waals surface area contributed by atoms with Crippen molar-refractivity contribution in [2.75, 3.05) is 46.8 Å². The number of carbonyl (C=O) groups excluding carboxylic acids is 2. The quantitative estimate of drug-likeness (QED) is 0.780. The fourth-order valence-corrected chi connectivity index (χ4v) is 2.64. The Labute approximate surface area is 123 Å². The van der Waals surface area contributed by atoms with Gasteiger partial charge < -0.3 is 9.80 Å². The molecule has 2 amide bonds. The average molecular weight is 296 g/mol. The van der Waals surface area contributed by atoms with Gasteiger partial charge in [-0.15, -0.1) is 11.3 Å². The van der Waals surface area contributed by atoms with Crippen molar-refractivity contribution < 1.29 is 9.59 Å². The summed E-state index contributed by atoms with van der Waals surface area (Å²) in [5.41, 5.74) is 2.58. The zero-order chi connectivity index (χ0) is 14.5. The lowest BCUT2D eigenvalue weighted by Gasteiger charge is -2.34. The van der Waals surface area contributed by atoms with Crippen LogP contribution in [0.25, 0.3) is 0 Å². The summed E-state index contributed by atoms with van der Waals surface area (Å²) < 4.78 is 0. The van der Waals surface area contributed by atoms with Gasteiger partial charge in [-0.2, -0.15) is 0 Å². The first-order valence-corrected chi connectivity index (χ1v) is 7.58. The van der Waals surface area contributed by atoms with Crippen LogP contribution in [0.15, 0.2) is 10.9 Å². The van der Waals surface area contributed by atoms with Crippen molar-refractivity contribution in [1.82, 2.24) is 19.7 Å². The molecular formula is C13H20N4O2S. The maximum atomic E-state index is 12.1. The standard InChI is InChI=1S/C13H20N4O2S/c1-15(2)13(19)8-16-3-5-17(6-4-16)12(18)7-11-9-20-10-14-11/h9-10H,3-8H2,1-2H3. The third-order valence-corrected chi connectivity index (χ3v) is 4.03. The Morgan fingerprint density at radius 3 is 2.55 bits per heavy atom. The highest BCUT2D eigenvalue weighted by Gasteiger charge is 2.23. The van der Waals surface area contributed by atoms with Gasteiger partial charge in [0.1, 0.15) is 0 Å². The smallest absolute Gasteiger partial charge is 0.236 e. The Balaban J connectivity index is 1.76. The number of rotatable bonds is 4. The van der Waals surface area contributed by atoms with E-state index in [9.17, 15) is 9.59 Å². The van der Waals surface area contributed by atoms with Crippen LogP contribution in [0.3, 0.4) is 0 Å². The predicted octanol–water partition coefficient (Wildman–Crippen LogP) is -0.0820. The van der Waals surface area contributed by atoms with Gasteiger partial charge >= 0.3 is 0 Å². The Hall–Kier alpha value is -1.47. The van der Waals surface area contributed by atoms with E-state index < -0.39 is 0 Å². The molecule has 0 spiro atoms. The Morgan fingerprint density at radius 2 is 2.00 bits per heavy atom. The molecule has 1 fully saturated rings. The molecule has 7 heteroatoms. The molecule has 0 saturated carbocycles. The van der Waals surface area contributed by atoms with Gasteiger partial charge in [0.15, 0.2) is 0 Å². The van der Waals surface area contributed by atoms with E-state index >= 15 is 0 Å². The van der Waals surface area contributed by atoms with E-state index in [-0.39, 0.29) is 11.8 Å². The van der Waals surface area contributed by atoms with Gasteiger partial charge in [-0.3, -0.25) is 14.5 Å². The number of amides is 2. The van der Waals surface area contributed by atoms with E-state index in [1.54, 1.807) is 24.5 Å². The molecule has 6 nitrogen and oxygen atoms in total. The molecule has 0 atom stereocenters.